The molecule has 0 aliphatic heterocycles. The van der Waals surface area contributed by atoms with Crippen molar-refractivity contribution in [3.63, 3.8) is 0 Å². The second-order valence-corrected chi connectivity index (χ2v) is 5.76. The maximum atomic E-state index is 13.5. The van der Waals surface area contributed by atoms with E-state index in [9.17, 15) is 13.6 Å². The predicted octanol–water partition coefficient (Wildman–Crippen LogP) is 2.50. The standard InChI is InChI=1S/C18H13F2N5O3/c19-13-3-1-4-14(20)16(13)27-10-12-7-15(24-28-12)18(26)22-8-11-9-23-25-6-2-5-21-17(11)25/h1-7,9H,8,10H2,(H,22,26). The summed E-state index contributed by atoms with van der Waals surface area (Å²) in [7, 11) is 0. The molecule has 1 amide bonds. The maximum Gasteiger partial charge on any atom is 0.273 e. The zero-order valence-corrected chi connectivity index (χ0v) is 14.3. The summed E-state index contributed by atoms with van der Waals surface area (Å²) in [4.78, 5) is 16.4. The zero-order valence-electron chi connectivity index (χ0n) is 14.3. The highest BCUT2D eigenvalue weighted by molar-refractivity contribution is 5.92. The molecule has 0 unspecified atom stereocenters. The third-order valence-electron chi connectivity index (χ3n) is 3.86. The summed E-state index contributed by atoms with van der Waals surface area (Å²) in [6, 6.07) is 6.46. The first-order chi connectivity index (χ1) is 13.6. The maximum absolute atomic E-state index is 13.5. The molecule has 0 saturated carbocycles. The van der Waals surface area contributed by atoms with Crippen molar-refractivity contribution >= 4 is 11.6 Å². The van der Waals surface area contributed by atoms with E-state index in [1.165, 1.54) is 12.1 Å². The lowest BCUT2D eigenvalue weighted by molar-refractivity contribution is 0.0941. The third-order valence-corrected chi connectivity index (χ3v) is 3.86. The molecule has 0 fully saturated rings. The molecule has 0 bridgehead atoms. The van der Waals surface area contributed by atoms with Crippen LogP contribution in [-0.2, 0) is 13.2 Å². The smallest absolute Gasteiger partial charge is 0.273 e. The third kappa shape index (κ3) is 3.52. The lowest BCUT2D eigenvalue weighted by Gasteiger charge is -2.05. The molecule has 28 heavy (non-hydrogen) atoms. The molecule has 4 aromatic rings. The number of halogens is 2. The molecular formula is C18H13F2N5O3. The summed E-state index contributed by atoms with van der Waals surface area (Å²) in [5.74, 6) is -2.53. The number of rotatable bonds is 6. The molecule has 3 aromatic heterocycles. The van der Waals surface area contributed by atoms with Gasteiger partial charge in [0.2, 0.25) is 0 Å². The molecule has 0 saturated heterocycles. The van der Waals surface area contributed by atoms with Gasteiger partial charge < -0.3 is 14.6 Å². The van der Waals surface area contributed by atoms with Crippen molar-refractivity contribution in [2.75, 3.05) is 0 Å². The summed E-state index contributed by atoms with van der Waals surface area (Å²) >= 11 is 0. The highest BCUT2D eigenvalue weighted by Gasteiger charge is 2.16. The van der Waals surface area contributed by atoms with E-state index in [1.54, 1.807) is 29.2 Å². The van der Waals surface area contributed by atoms with Gasteiger partial charge in [0.15, 0.2) is 34.5 Å². The van der Waals surface area contributed by atoms with E-state index in [-0.39, 0.29) is 24.6 Å². The van der Waals surface area contributed by atoms with Crippen LogP contribution in [0.4, 0.5) is 8.78 Å². The number of aromatic nitrogens is 4. The number of nitrogens with one attached hydrogen (secondary N) is 1. The zero-order chi connectivity index (χ0) is 19.5. The highest BCUT2D eigenvalue weighted by atomic mass is 19.1. The molecule has 0 aliphatic carbocycles. The average Bonchev–Trinajstić information content (AvgIpc) is 3.33. The summed E-state index contributed by atoms with van der Waals surface area (Å²) < 4.78 is 38.7. The molecule has 1 aromatic carbocycles. The molecule has 4 rings (SSSR count). The van der Waals surface area contributed by atoms with E-state index in [2.05, 4.69) is 20.6 Å². The van der Waals surface area contributed by atoms with Crippen LogP contribution < -0.4 is 10.1 Å². The van der Waals surface area contributed by atoms with E-state index in [0.29, 0.717) is 5.65 Å². The molecule has 142 valence electrons. The number of hydrogen-bond acceptors (Lipinski definition) is 6. The number of fused-ring (bicyclic) bond motifs is 1. The topological polar surface area (TPSA) is 94.6 Å². The quantitative estimate of drug-likeness (QED) is 0.548. The van der Waals surface area contributed by atoms with E-state index in [1.807, 2.05) is 0 Å². The van der Waals surface area contributed by atoms with Gasteiger partial charge in [-0.25, -0.2) is 18.3 Å². The Morgan fingerprint density at radius 3 is 2.89 bits per heavy atom. The Morgan fingerprint density at radius 2 is 2.07 bits per heavy atom. The van der Waals surface area contributed by atoms with Crippen LogP contribution in [0.15, 0.2) is 53.4 Å². The fourth-order valence-corrected chi connectivity index (χ4v) is 2.52. The number of amides is 1. The van der Waals surface area contributed by atoms with Gasteiger partial charge in [0.25, 0.3) is 5.91 Å². The van der Waals surface area contributed by atoms with Crippen LogP contribution in [0.25, 0.3) is 5.65 Å². The molecule has 0 aliphatic rings. The largest absolute Gasteiger partial charge is 0.479 e. The van der Waals surface area contributed by atoms with Crippen molar-refractivity contribution in [3.05, 3.63) is 77.6 Å². The van der Waals surface area contributed by atoms with Crippen molar-refractivity contribution in [3.8, 4) is 5.75 Å². The summed E-state index contributed by atoms with van der Waals surface area (Å²) in [6.45, 7) is -0.0887. The van der Waals surface area contributed by atoms with Crippen molar-refractivity contribution in [1.82, 2.24) is 25.1 Å². The van der Waals surface area contributed by atoms with E-state index in [4.69, 9.17) is 9.26 Å². The van der Waals surface area contributed by atoms with Gasteiger partial charge in [0, 0.05) is 30.6 Å². The van der Waals surface area contributed by atoms with Gasteiger partial charge in [0.05, 0.1) is 6.20 Å². The van der Waals surface area contributed by atoms with Gasteiger partial charge in [-0.1, -0.05) is 11.2 Å². The molecule has 0 radical (unpaired) electrons. The Hall–Kier alpha value is -3.82. The number of carbonyl (C=O) groups is 1. The van der Waals surface area contributed by atoms with Crippen molar-refractivity contribution in [1.29, 1.82) is 0 Å². The molecule has 3 heterocycles. The Morgan fingerprint density at radius 1 is 1.25 bits per heavy atom. The van der Waals surface area contributed by atoms with Gasteiger partial charge >= 0.3 is 0 Å². The number of carbonyl (C=O) groups excluding carboxylic acids is 1. The van der Waals surface area contributed by atoms with Gasteiger partial charge in [-0.05, 0) is 18.2 Å². The number of ether oxygens (including phenoxy) is 1. The van der Waals surface area contributed by atoms with Crippen LogP contribution >= 0.6 is 0 Å². The van der Waals surface area contributed by atoms with E-state index in [0.717, 1.165) is 17.7 Å². The van der Waals surface area contributed by atoms with E-state index >= 15 is 0 Å². The summed E-state index contributed by atoms with van der Waals surface area (Å²) in [6.07, 6.45) is 4.98. The monoisotopic (exact) mass is 385 g/mol. The minimum absolute atomic E-state index is 0.0111. The average molecular weight is 385 g/mol. The predicted molar refractivity (Wildman–Crippen MR) is 91.4 cm³/mol. The molecule has 1 N–H and O–H groups in total. The fourth-order valence-electron chi connectivity index (χ4n) is 2.52. The number of nitrogens with zero attached hydrogens (tertiary/aromatic N) is 4. The minimum atomic E-state index is -0.834. The molecule has 0 spiro atoms. The van der Waals surface area contributed by atoms with Crippen LogP contribution in [0.2, 0.25) is 0 Å². The molecule has 8 nitrogen and oxygen atoms in total. The van der Waals surface area contributed by atoms with Crippen LogP contribution in [0.1, 0.15) is 21.8 Å². The highest BCUT2D eigenvalue weighted by Crippen LogP contribution is 2.22. The summed E-state index contributed by atoms with van der Waals surface area (Å²) in [5, 5.41) is 10.5. The lowest BCUT2D eigenvalue weighted by atomic mass is 10.3. The van der Waals surface area contributed by atoms with Crippen molar-refractivity contribution < 1.29 is 22.8 Å². The van der Waals surface area contributed by atoms with Gasteiger partial charge in [-0.15, -0.1) is 0 Å². The first-order valence-corrected chi connectivity index (χ1v) is 8.19. The molecule has 0 atom stereocenters. The van der Waals surface area contributed by atoms with Crippen LogP contribution in [-0.4, -0.2) is 25.7 Å². The van der Waals surface area contributed by atoms with Gasteiger partial charge in [-0.3, -0.25) is 4.79 Å². The number of para-hydroxylation sites is 1. The first-order valence-electron chi connectivity index (χ1n) is 8.19. The molecule has 10 heteroatoms. The number of benzene rings is 1. The second-order valence-electron chi connectivity index (χ2n) is 5.76. The Balaban J connectivity index is 1.38. The first kappa shape index (κ1) is 17.6. The SMILES string of the molecule is O=C(NCc1cnn2cccnc12)c1cc(COc2c(F)cccc2F)on1. The van der Waals surface area contributed by atoms with Crippen molar-refractivity contribution in [2.24, 2.45) is 0 Å². The second kappa shape index (κ2) is 7.43. The van der Waals surface area contributed by atoms with Crippen LogP contribution in [0, 0.1) is 11.6 Å². The van der Waals surface area contributed by atoms with Gasteiger partial charge in [0.1, 0.15) is 6.61 Å². The summed E-state index contributed by atoms with van der Waals surface area (Å²) in [5.41, 5.74) is 1.37. The fraction of sp³-hybridized carbons (Fsp3) is 0.111. The normalized spacial score (nSPS) is 10.9. The van der Waals surface area contributed by atoms with E-state index < -0.39 is 23.3 Å². The minimum Gasteiger partial charge on any atom is -0.479 e. The lowest BCUT2D eigenvalue weighted by Crippen LogP contribution is -2.23. The van der Waals surface area contributed by atoms with Gasteiger partial charge in [-0.2, -0.15) is 5.10 Å². The van der Waals surface area contributed by atoms with Crippen LogP contribution in [0.5, 0.6) is 5.75 Å². The van der Waals surface area contributed by atoms with Crippen LogP contribution in [0.3, 0.4) is 0 Å². The molecular weight excluding hydrogens is 372 g/mol. The Labute approximate surface area is 156 Å². The number of hydrogen-bond donors (Lipinski definition) is 1. The van der Waals surface area contributed by atoms with Crippen molar-refractivity contribution in [2.45, 2.75) is 13.2 Å². The Kier molecular flexibility index (Phi) is 4.67. The Bertz CT molecular complexity index is 1120.